The van der Waals surface area contributed by atoms with Crippen LogP contribution in [0.3, 0.4) is 0 Å². The molecule has 0 bridgehead atoms. The molecule has 3 amide bonds. The van der Waals surface area contributed by atoms with Gasteiger partial charge in [-0.2, -0.15) is 0 Å². The first-order valence-corrected chi connectivity index (χ1v) is 7.90. The SMILES string of the molecule is CC(C)(C)[C@@H](NC(N)=O)C(=O)N1CCO[C@H](c2ccc(F)cc2)C1. The lowest BCUT2D eigenvalue weighted by molar-refractivity contribution is -0.143. The van der Waals surface area contributed by atoms with E-state index in [1.807, 2.05) is 20.8 Å². The number of nitrogens with zero attached hydrogens (tertiary/aromatic N) is 1. The first-order valence-electron chi connectivity index (χ1n) is 7.90. The van der Waals surface area contributed by atoms with Crippen molar-refractivity contribution in [2.45, 2.75) is 32.9 Å². The summed E-state index contributed by atoms with van der Waals surface area (Å²) in [5, 5.41) is 2.54. The van der Waals surface area contributed by atoms with Crippen LogP contribution in [0.1, 0.15) is 32.4 Å². The third kappa shape index (κ3) is 4.44. The van der Waals surface area contributed by atoms with Crippen molar-refractivity contribution in [3.05, 3.63) is 35.6 Å². The number of morpholine rings is 1. The summed E-state index contributed by atoms with van der Waals surface area (Å²) in [6, 6.07) is 4.58. The smallest absolute Gasteiger partial charge is 0.312 e. The van der Waals surface area contributed by atoms with Crippen LogP contribution in [0.5, 0.6) is 0 Å². The van der Waals surface area contributed by atoms with E-state index in [2.05, 4.69) is 5.32 Å². The molecule has 0 spiro atoms. The molecule has 24 heavy (non-hydrogen) atoms. The van der Waals surface area contributed by atoms with Crippen LogP contribution < -0.4 is 11.1 Å². The third-order valence-electron chi connectivity index (χ3n) is 4.02. The van der Waals surface area contributed by atoms with Crippen LogP contribution in [-0.2, 0) is 9.53 Å². The summed E-state index contributed by atoms with van der Waals surface area (Å²) in [5.74, 6) is -0.516. The normalized spacial score (nSPS) is 19.7. The van der Waals surface area contributed by atoms with Crippen LogP contribution in [0.2, 0.25) is 0 Å². The minimum Gasteiger partial charge on any atom is -0.370 e. The fraction of sp³-hybridized carbons (Fsp3) is 0.529. The van der Waals surface area contributed by atoms with Crippen LogP contribution in [0.15, 0.2) is 24.3 Å². The first-order chi connectivity index (χ1) is 11.2. The van der Waals surface area contributed by atoms with Crippen molar-refractivity contribution < 1.29 is 18.7 Å². The summed E-state index contributed by atoms with van der Waals surface area (Å²) in [6.45, 7) is 6.75. The molecule has 1 fully saturated rings. The number of halogens is 1. The van der Waals surface area contributed by atoms with Gasteiger partial charge in [-0.05, 0) is 23.1 Å². The summed E-state index contributed by atoms with van der Waals surface area (Å²) < 4.78 is 18.8. The molecule has 1 aliphatic rings. The third-order valence-corrected chi connectivity index (χ3v) is 4.02. The molecule has 7 heteroatoms. The number of ether oxygens (including phenoxy) is 1. The highest BCUT2D eigenvalue weighted by molar-refractivity contribution is 5.87. The van der Waals surface area contributed by atoms with E-state index in [9.17, 15) is 14.0 Å². The Kier molecular flexibility index (Phi) is 5.43. The van der Waals surface area contributed by atoms with Crippen molar-refractivity contribution in [2.24, 2.45) is 11.1 Å². The molecule has 1 heterocycles. The second kappa shape index (κ2) is 7.17. The Bertz CT molecular complexity index is 598. The van der Waals surface area contributed by atoms with E-state index in [4.69, 9.17) is 10.5 Å². The Morgan fingerprint density at radius 2 is 1.96 bits per heavy atom. The minimum absolute atomic E-state index is 0.197. The van der Waals surface area contributed by atoms with Crippen LogP contribution in [-0.4, -0.2) is 42.6 Å². The fourth-order valence-electron chi connectivity index (χ4n) is 2.70. The van der Waals surface area contributed by atoms with Gasteiger partial charge in [-0.25, -0.2) is 9.18 Å². The molecule has 132 valence electrons. The highest BCUT2D eigenvalue weighted by Gasteiger charge is 2.37. The van der Waals surface area contributed by atoms with Crippen LogP contribution >= 0.6 is 0 Å². The number of nitrogens with one attached hydrogen (secondary N) is 1. The summed E-state index contributed by atoms with van der Waals surface area (Å²) in [5.41, 5.74) is 5.54. The predicted octanol–water partition coefficient (Wildman–Crippen LogP) is 1.81. The summed E-state index contributed by atoms with van der Waals surface area (Å²) in [6.07, 6.45) is -0.322. The summed E-state index contributed by atoms with van der Waals surface area (Å²) >= 11 is 0. The number of carbonyl (C=O) groups excluding carboxylic acids is 2. The number of amides is 3. The maximum atomic E-state index is 13.1. The van der Waals surface area contributed by atoms with Gasteiger partial charge in [0.15, 0.2) is 0 Å². The van der Waals surface area contributed by atoms with Gasteiger partial charge in [0.1, 0.15) is 18.0 Å². The Hall–Kier alpha value is -2.15. The quantitative estimate of drug-likeness (QED) is 0.882. The van der Waals surface area contributed by atoms with Crippen molar-refractivity contribution in [3.63, 3.8) is 0 Å². The fourth-order valence-corrected chi connectivity index (χ4v) is 2.70. The summed E-state index contributed by atoms with van der Waals surface area (Å²) in [4.78, 5) is 25.7. The van der Waals surface area contributed by atoms with E-state index in [0.717, 1.165) is 5.56 Å². The minimum atomic E-state index is -0.730. The van der Waals surface area contributed by atoms with Gasteiger partial charge in [0.2, 0.25) is 5.91 Å². The lowest BCUT2D eigenvalue weighted by Gasteiger charge is -2.38. The number of primary amides is 1. The number of benzene rings is 1. The molecule has 6 nitrogen and oxygen atoms in total. The molecule has 0 aliphatic carbocycles. The van der Waals surface area contributed by atoms with Crippen molar-refractivity contribution in [3.8, 4) is 0 Å². The Morgan fingerprint density at radius 1 is 1.33 bits per heavy atom. The average Bonchev–Trinajstić information content (AvgIpc) is 2.51. The predicted molar refractivity (Wildman–Crippen MR) is 87.6 cm³/mol. The Labute approximate surface area is 141 Å². The van der Waals surface area contributed by atoms with E-state index in [-0.39, 0.29) is 17.8 Å². The lowest BCUT2D eigenvalue weighted by Crippen LogP contribution is -2.57. The molecule has 2 atom stereocenters. The van der Waals surface area contributed by atoms with Gasteiger partial charge in [0.05, 0.1) is 13.2 Å². The van der Waals surface area contributed by atoms with E-state index in [1.165, 1.54) is 12.1 Å². The molecule has 3 N–H and O–H groups in total. The molecule has 0 radical (unpaired) electrons. The topological polar surface area (TPSA) is 84.7 Å². The van der Waals surface area contributed by atoms with Gasteiger partial charge >= 0.3 is 6.03 Å². The first kappa shape index (κ1) is 18.2. The molecule has 1 saturated heterocycles. The monoisotopic (exact) mass is 337 g/mol. The molecule has 0 aromatic heterocycles. The Morgan fingerprint density at radius 3 is 2.50 bits per heavy atom. The zero-order chi connectivity index (χ0) is 17.9. The van der Waals surface area contributed by atoms with E-state index in [1.54, 1.807) is 17.0 Å². The highest BCUT2D eigenvalue weighted by Crippen LogP contribution is 2.26. The number of rotatable bonds is 3. The van der Waals surface area contributed by atoms with Crippen LogP contribution in [0.25, 0.3) is 0 Å². The zero-order valence-electron chi connectivity index (χ0n) is 14.2. The van der Waals surface area contributed by atoms with Gasteiger partial charge < -0.3 is 20.7 Å². The standard InChI is InChI=1S/C17H24FN3O3/c1-17(2,3)14(20-16(19)23)15(22)21-8-9-24-13(10-21)11-4-6-12(18)7-5-11/h4-7,13-14H,8-10H2,1-3H3,(H3,19,20,23)/t13-,14-/m0/s1. The molecular weight excluding hydrogens is 313 g/mol. The molecule has 0 unspecified atom stereocenters. The second-order valence-corrected chi connectivity index (χ2v) is 7.00. The largest absolute Gasteiger partial charge is 0.370 e. The van der Waals surface area contributed by atoms with Crippen molar-refractivity contribution in [1.82, 2.24) is 10.2 Å². The van der Waals surface area contributed by atoms with Crippen molar-refractivity contribution in [1.29, 1.82) is 0 Å². The van der Waals surface area contributed by atoms with Crippen LogP contribution in [0, 0.1) is 11.2 Å². The number of hydrogen-bond acceptors (Lipinski definition) is 3. The summed E-state index contributed by atoms with van der Waals surface area (Å²) in [7, 11) is 0. The van der Waals surface area contributed by atoms with Gasteiger partial charge in [0, 0.05) is 6.54 Å². The number of carbonyl (C=O) groups is 2. The van der Waals surface area contributed by atoms with Crippen LogP contribution in [0.4, 0.5) is 9.18 Å². The molecule has 1 aromatic carbocycles. The van der Waals surface area contributed by atoms with E-state index >= 15 is 0 Å². The van der Waals surface area contributed by atoms with Gasteiger partial charge in [0.25, 0.3) is 0 Å². The van der Waals surface area contributed by atoms with Gasteiger partial charge in [-0.3, -0.25) is 4.79 Å². The van der Waals surface area contributed by atoms with E-state index < -0.39 is 17.5 Å². The number of nitrogens with two attached hydrogens (primary N) is 1. The lowest BCUT2D eigenvalue weighted by atomic mass is 9.85. The molecule has 1 aliphatic heterocycles. The second-order valence-electron chi connectivity index (χ2n) is 7.00. The van der Waals surface area contributed by atoms with E-state index in [0.29, 0.717) is 19.7 Å². The zero-order valence-corrected chi connectivity index (χ0v) is 14.2. The molecule has 2 rings (SSSR count). The number of hydrogen-bond donors (Lipinski definition) is 2. The van der Waals surface area contributed by atoms with Gasteiger partial charge in [-0.1, -0.05) is 32.9 Å². The van der Waals surface area contributed by atoms with Crippen molar-refractivity contribution >= 4 is 11.9 Å². The molecular formula is C17H24FN3O3. The highest BCUT2D eigenvalue weighted by atomic mass is 19.1. The number of urea groups is 1. The maximum Gasteiger partial charge on any atom is 0.312 e. The maximum absolute atomic E-state index is 13.1. The Balaban J connectivity index is 2.13. The molecule has 1 aromatic rings. The van der Waals surface area contributed by atoms with Crippen molar-refractivity contribution in [2.75, 3.05) is 19.7 Å². The van der Waals surface area contributed by atoms with Gasteiger partial charge in [-0.15, -0.1) is 0 Å². The average molecular weight is 337 g/mol. The molecule has 0 saturated carbocycles.